The zero-order valence-corrected chi connectivity index (χ0v) is 18.0. The average molecular weight is 435 g/mol. The smallest absolute Gasteiger partial charge is 0.223 e. The van der Waals surface area contributed by atoms with Crippen LogP contribution in [0.15, 0.2) is 60.0 Å². The van der Waals surface area contributed by atoms with Gasteiger partial charge in [-0.15, -0.1) is 11.3 Å². The van der Waals surface area contributed by atoms with E-state index in [1.54, 1.807) is 23.5 Å². The summed E-state index contributed by atoms with van der Waals surface area (Å²) in [5.41, 5.74) is 3.57. The number of aromatic amines is 1. The lowest BCUT2D eigenvalue weighted by Gasteiger charge is -2.36. The highest BCUT2D eigenvalue weighted by atomic mass is 32.1. The summed E-state index contributed by atoms with van der Waals surface area (Å²) >= 11 is 1.66. The number of para-hydroxylation sites is 1. The fraction of sp³-hybridized carbons (Fsp3) is 0.240. The average Bonchev–Trinajstić information content (AvgIpc) is 3.44. The van der Waals surface area contributed by atoms with Crippen LogP contribution in [0.2, 0.25) is 0 Å². The van der Waals surface area contributed by atoms with Gasteiger partial charge in [0.25, 0.3) is 0 Å². The van der Waals surface area contributed by atoms with Crippen molar-refractivity contribution in [2.24, 2.45) is 0 Å². The summed E-state index contributed by atoms with van der Waals surface area (Å²) in [6.07, 6.45) is 1.85. The molecular formula is C25H23FN2O2S. The van der Waals surface area contributed by atoms with Crippen LogP contribution >= 0.6 is 11.3 Å². The highest BCUT2D eigenvalue weighted by molar-refractivity contribution is 7.09. The van der Waals surface area contributed by atoms with Crippen LogP contribution in [0.4, 0.5) is 4.39 Å². The van der Waals surface area contributed by atoms with Crippen LogP contribution in [0, 0.1) is 5.82 Å². The highest BCUT2D eigenvalue weighted by Crippen LogP contribution is 2.40. The minimum absolute atomic E-state index is 0.0397. The van der Waals surface area contributed by atoms with Crippen LogP contribution in [0.25, 0.3) is 10.9 Å². The van der Waals surface area contributed by atoms with Crippen molar-refractivity contribution in [2.75, 3.05) is 13.7 Å². The minimum Gasteiger partial charge on any atom is -0.497 e. The van der Waals surface area contributed by atoms with Gasteiger partial charge < -0.3 is 14.6 Å². The van der Waals surface area contributed by atoms with Crippen molar-refractivity contribution in [2.45, 2.75) is 25.3 Å². The molecule has 4 nitrogen and oxygen atoms in total. The summed E-state index contributed by atoms with van der Waals surface area (Å²) in [5.74, 6) is 0.134. The summed E-state index contributed by atoms with van der Waals surface area (Å²) in [6.45, 7) is 0.564. The number of H-pyrrole nitrogens is 1. The number of fused-ring (bicyclic) bond motifs is 3. The number of benzene rings is 2. The second-order valence-corrected chi connectivity index (χ2v) is 8.80. The van der Waals surface area contributed by atoms with Crippen molar-refractivity contribution in [1.82, 2.24) is 9.88 Å². The number of aromatic nitrogens is 1. The van der Waals surface area contributed by atoms with Gasteiger partial charge in [0.2, 0.25) is 5.91 Å². The molecule has 1 amide bonds. The number of hydrogen-bond acceptors (Lipinski definition) is 3. The number of nitrogens with one attached hydrogen (secondary N) is 1. The molecule has 2 aromatic carbocycles. The third kappa shape index (κ3) is 3.61. The number of hydrogen-bond donors (Lipinski definition) is 1. The zero-order chi connectivity index (χ0) is 21.4. The Bertz CT molecular complexity index is 1230. The molecule has 0 saturated carbocycles. The Balaban J connectivity index is 1.56. The Morgan fingerprint density at radius 3 is 2.87 bits per heavy atom. The summed E-state index contributed by atoms with van der Waals surface area (Å²) < 4.78 is 20.4. The van der Waals surface area contributed by atoms with Gasteiger partial charge in [-0.05, 0) is 48.1 Å². The van der Waals surface area contributed by atoms with Gasteiger partial charge >= 0.3 is 0 Å². The van der Waals surface area contributed by atoms with Crippen molar-refractivity contribution < 1.29 is 13.9 Å². The molecule has 0 bridgehead atoms. The number of halogens is 1. The molecule has 158 valence electrons. The number of aryl methyl sites for hydroxylation is 1. The molecule has 4 aromatic rings. The normalized spacial score (nSPS) is 15.8. The molecular weight excluding hydrogens is 411 g/mol. The van der Waals surface area contributed by atoms with Crippen LogP contribution in [-0.4, -0.2) is 29.4 Å². The van der Waals surface area contributed by atoms with Gasteiger partial charge in [0.15, 0.2) is 0 Å². The molecule has 0 unspecified atom stereocenters. The summed E-state index contributed by atoms with van der Waals surface area (Å²) in [7, 11) is 1.52. The number of carbonyl (C=O) groups is 1. The van der Waals surface area contributed by atoms with E-state index in [-0.39, 0.29) is 11.7 Å². The highest BCUT2D eigenvalue weighted by Gasteiger charge is 2.35. The zero-order valence-electron chi connectivity index (χ0n) is 17.2. The SMILES string of the molecule is COc1ccc([C@H]2c3[nH]c4ccccc4c3CCN2C(=O)CCc2cccs2)c(F)c1. The summed E-state index contributed by atoms with van der Waals surface area (Å²) in [5, 5.41) is 3.16. The predicted octanol–water partition coefficient (Wildman–Crippen LogP) is 5.48. The van der Waals surface area contributed by atoms with Crippen molar-refractivity contribution in [3.63, 3.8) is 0 Å². The molecule has 0 spiro atoms. The molecule has 0 aliphatic carbocycles. The van der Waals surface area contributed by atoms with Crippen molar-refractivity contribution in [3.8, 4) is 5.75 Å². The summed E-state index contributed by atoms with van der Waals surface area (Å²) in [4.78, 5) is 19.8. The van der Waals surface area contributed by atoms with Crippen LogP contribution in [0.5, 0.6) is 5.75 Å². The largest absolute Gasteiger partial charge is 0.497 e. The predicted molar refractivity (Wildman–Crippen MR) is 121 cm³/mol. The van der Waals surface area contributed by atoms with Gasteiger partial charge in [-0.25, -0.2) is 4.39 Å². The minimum atomic E-state index is -0.488. The fourth-order valence-corrected chi connectivity index (χ4v) is 5.23. The maximum Gasteiger partial charge on any atom is 0.223 e. The Morgan fingerprint density at radius 1 is 1.23 bits per heavy atom. The second kappa shape index (κ2) is 8.19. The van der Waals surface area contributed by atoms with E-state index in [2.05, 4.69) is 11.1 Å². The molecule has 3 heterocycles. The Kier molecular flexibility index (Phi) is 5.24. The Labute approximate surface area is 184 Å². The monoisotopic (exact) mass is 434 g/mol. The fourth-order valence-electron chi connectivity index (χ4n) is 4.52. The molecule has 5 rings (SSSR count). The topological polar surface area (TPSA) is 45.3 Å². The molecule has 6 heteroatoms. The lowest BCUT2D eigenvalue weighted by atomic mass is 9.91. The van der Waals surface area contributed by atoms with Gasteiger partial charge in [0.05, 0.1) is 7.11 Å². The van der Waals surface area contributed by atoms with Crippen molar-refractivity contribution >= 4 is 28.1 Å². The standard InChI is InChI=1S/C25H23FN2O2S/c1-30-16-8-10-20(21(26)15-16)25-24-19(18-6-2-3-7-22(18)27-24)12-13-28(25)23(29)11-9-17-5-4-14-31-17/h2-8,10,14-15,25,27H,9,11-13H2,1H3/t25-/m0/s1. The third-order valence-electron chi connectivity index (χ3n) is 6.02. The number of thiophene rings is 1. The van der Waals surface area contributed by atoms with E-state index in [9.17, 15) is 4.79 Å². The van der Waals surface area contributed by atoms with Crippen LogP contribution in [-0.2, 0) is 17.6 Å². The molecule has 1 aliphatic heterocycles. The molecule has 0 fully saturated rings. The quantitative estimate of drug-likeness (QED) is 0.452. The first-order valence-electron chi connectivity index (χ1n) is 10.4. The van der Waals surface area contributed by atoms with Gasteiger partial charge in [-0.3, -0.25) is 4.79 Å². The molecule has 1 aliphatic rings. The van der Waals surface area contributed by atoms with Gasteiger partial charge in [0, 0.05) is 46.1 Å². The lowest BCUT2D eigenvalue weighted by molar-refractivity contribution is -0.133. The third-order valence-corrected chi connectivity index (χ3v) is 6.96. The number of nitrogens with zero attached hydrogens (tertiary/aromatic N) is 1. The molecule has 0 saturated heterocycles. The number of ether oxygens (including phenoxy) is 1. The van der Waals surface area contributed by atoms with Gasteiger partial charge in [-0.1, -0.05) is 24.3 Å². The molecule has 0 radical (unpaired) electrons. The Hall–Kier alpha value is -3.12. The molecule has 31 heavy (non-hydrogen) atoms. The van der Waals surface area contributed by atoms with Crippen LogP contribution in [0.1, 0.15) is 34.2 Å². The molecule has 2 aromatic heterocycles. The number of carbonyl (C=O) groups excluding carboxylic acids is 1. The van der Waals surface area contributed by atoms with Crippen LogP contribution < -0.4 is 4.74 Å². The lowest BCUT2D eigenvalue weighted by Crippen LogP contribution is -2.41. The van der Waals surface area contributed by atoms with Crippen LogP contribution in [0.3, 0.4) is 0 Å². The van der Waals surface area contributed by atoms with Gasteiger partial charge in [-0.2, -0.15) is 0 Å². The number of rotatable bonds is 5. The molecule has 1 atom stereocenters. The van der Waals surface area contributed by atoms with Crippen molar-refractivity contribution in [3.05, 3.63) is 87.5 Å². The number of amides is 1. The van der Waals surface area contributed by atoms with Gasteiger partial charge in [0.1, 0.15) is 17.6 Å². The van der Waals surface area contributed by atoms with E-state index in [1.165, 1.54) is 18.1 Å². The second-order valence-electron chi connectivity index (χ2n) is 7.77. The Morgan fingerprint density at radius 2 is 2.10 bits per heavy atom. The first-order chi connectivity index (χ1) is 15.2. The van der Waals surface area contributed by atoms with E-state index in [0.29, 0.717) is 30.7 Å². The van der Waals surface area contributed by atoms with E-state index >= 15 is 4.39 Å². The maximum absolute atomic E-state index is 15.2. The number of methoxy groups -OCH3 is 1. The first-order valence-corrected chi connectivity index (χ1v) is 11.3. The van der Waals surface area contributed by atoms with E-state index < -0.39 is 6.04 Å². The van der Waals surface area contributed by atoms with Crippen molar-refractivity contribution in [1.29, 1.82) is 0 Å². The first kappa shape index (κ1) is 19.8. The van der Waals surface area contributed by atoms with E-state index in [1.807, 2.05) is 40.6 Å². The molecule has 1 N–H and O–H groups in total. The van der Waals surface area contributed by atoms with E-state index in [0.717, 1.165) is 28.6 Å². The van der Waals surface area contributed by atoms with E-state index in [4.69, 9.17) is 4.74 Å². The summed E-state index contributed by atoms with van der Waals surface area (Å²) in [6, 6.07) is 16.5. The maximum atomic E-state index is 15.2.